The maximum Gasteiger partial charge on any atom is 0.224 e. The summed E-state index contributed by atoms with van der Waals surface area (Å²) < 4.78 is 6.78. The number of amides is 1. The molecule has 0 saturated carbocycles. The average Bonchev–Trinajstić information content (AvgIpc) is 2.93. The van der Waals surface area contributed by atoms with E-state index < -0.39 is 0 Å². The Morgan fingerprint density at radius 3 is 2.64 bits per heavy atom. The van der Waals surface area contributed by atoms with Crippen molar-refractivity contribution in [3.63, 3.8) is 0 Å². The zero-order valence-electron chi connectivity index (χ0n) is 12.2. The van der Waals surface area contributed by atoms with Gasteiger partial charge in [0.05, 0.1) is 12.5 Å². The lowest BCUT2D eigenvalue weighted by atomic mass is 10.1. The van der Waals surface area contributed by atoms with Crippen LogP contribution in [0, 0.1) is 0 Å². The molecule has 3 aromatic rings. The standard InChI is InChI=1S/C18H16BrNO2/c1-12(17-11-14-4-2-3-5-16(14)22-17)20-18(21)10-13-6-8-15(19)9-7-13/h2-9,11-12H,10H2,1H3,(H,20,21)/t12-/m0/s1. The van der Waals surface area contributed by atoms with E-state index >= 15 is 0 Å². The first-order valence-corrected chi connectivity index (χ1v) is 7.93. The predicted octanol–water partition coefficient (Wildman–Crippen LogP) is 4.62. The highest BCUT2D eigenvalue weighted by molar-refractivity contribution is 9.10. The van der Waals surface area contributed by atoms with Crippen LogP contribution in [-0.2, 0) is 11.2 Å². The van der Waals surface area contributed by atoms with Crippen LogP contribution in [0.4, 0.5) is 0 Å². The third-order valence-corrected chi connectivity index (χ3v) is 4.06. The van der Waals surface area contributed by atoms with Gasteiger partial charge in [-0.1, -0.05) is 46.3 Å². The molecule has 1 aromatic heterocycles. The molecular formula is C18H16BrNO2. The molecule has 0 fully saturated rings. The number of nitrogens with one attached hydrogen (secondary N) is 1. The molecule has 2 aromatic carbocycles. The van der Waals surface area contributed by atoms with Crippen molar-refractivity contribution in [3.05, 3.63) is 70.4 Å². The summed E-state index contributed by atoms with van der Waals surface area (Å²) in [7, 11) is 0. The van der Waals surface area contributed by atoms with E-state index in [2.05, 4.69) is 21.2 Å². The second-order valence-electron chi connectivity index (χ2n) is 5.28. The van der Waals surface area contributed by atoms with E-state index in [0.717, 1.165) is 26.8 Å². The summed E-state index contributed by atoms with van der Waals surface area (Å²) in [6.45, 7) is 1.93. The maximum atomic E-state index is 12.1. The molecular weight excluding hydrogens is 342 g/mol. The van der Waals surface area contributed by atoms with Gasteiger partial charge in [0.25, 0.3) is 0 Å². The van der Waals surface area contributed by atoms with Crippen LogP contribution < -0.4 is 5.32 Å². The Balaban J connectivity index is 1.66. The van der Waals surface area contributed by atoms with Crippen molar-refractivity contribution < 1.29 is 9.21 Å². The lowest BCUT2D eigenvalue weighted by Gasteiger charge is -2.11. The van der Waals surface area contributed by atoms with Gasteiger partial charge in [-0.05, 0) is 36.8 Å². The third kappa shape index (κ3) is 3.39. The van der Waals surface area contributed by atoms with Gasteiger partial charge in [-0.2, -0.15) is 0 Å². The van der Waals surface area contributed by atoms with E-state index in [1.54, 1.807) is 0 Å². The van der Waals surface area contributed by atoms with Crippen LogP contribution in [0.3, 0.4) is 0 Å². The van der Waals surface area contributed by atoms with Crippen molar-refractivity contribution in [2.24, 2.45) is 0 Å². The highest BCUT2D eigenvalue weighted by atomic mass is 79.9. The van der Waals surface area contributed by atoms with Crippen molar-refractivity contribution in [2.45, 2.75) is 19.4 Å². The molecule has 3 rings (SSSR count). The molecule has 0 bridgehead atoms. The smallest absolute Gasteiger partial charge is 0.224 e. The Labute approximate surface area is 137 Å². The number of halogens is 1. The molecule has 4 heteroatoms. The van der Waals surface area contributed by atoms with E-state index in [1.807, 2.05) is 61.5 Å². The molecule has 0 aliphatic rings. The largest absolute Gasteiger partial charge is 0.459 e. The number of hydrogen-bond donors (Lipinski definition) is 1. The molecule has 0 unspecified atom stereocenters. The minimum Gasteiger partial charge on any atom is -0.459 e. The van der Waals surface area contributed by atoms with Crippen LogP contribution in [0.1, 0.15) is 24.3 Å². The predicted molar refractivity (Wildman–Crippen MR) is 90.6 cm³/mol. The zero-order chi connectivity index (χ0) is 15.5. The van der Waals surface area contributed by atoms with Gasteiger partial charge in [-0.25, -0.2) is 0 Å². The zero-order valence-corrected chi connectivity index (χ0v) is 13.8. The number of rotatable bonds is 4. The van der Waals surface area contributed by atoms with Crippen LogP contribution in [0.25, 0.3) is 11.0 Å². The molecule has 22 heavy (non-hydrogen) atoms. The Bertz CT molecular complexity index is 759. The summed E-state index contributed by atoms with van der Waals surface area (Å²) in [4.78, 5) is 12.1. The van der Waals surface area contributed by atoms with Crippen LogP contribution in [0.15, 0.2) is 63.5 Å². The van der Waals surface area contributed by atoms with Gasteiger partial charge in [-0.3, -0.25) is 4.79 Å². The van der Waals surface area contributed by atoms with Gasteiger partial charge in [0.2, 0.25) is 5.91 Å². The molecule has 1 heterocycles. The van der Waals surface area contributed by atoms with Gasteiger partial charge in [0.1, 0.15) is 11.3 Å². The molecule has 1 amide bonds. The van der Waals surface area contributed by atoms with Crippen LogP contribution in [-0.4, -0.2) is 5.91 Å². The van der Waals surface area contributed by atoms with Crippen molar-refractivity contribution in [1.82, 2.24) is 5.32 Å². The molecule has 1 atom stereocenters. The fourth-order valence-corrected chi connectivity index (χ4v) is 2.63. The molecule has 0 saturated heterocycles. The molecule has 0 aliphatic heterocycles. The summed E-state index contributed by atoms with van der Waals surface area (Å²) in [5.74, 6) is 0.751. The second-order valence-corrected chi connectivity index (χ2v) is 6.19. The monoisotopic (exact) mass is 357 g/mol. The highest BCUT2D eigenvalue weighted by Gasteiger charge is 2.14. The number of furan rings is 1. The highest BCUT2D eigenvalue weighted by Crippen LogP contribution is 2.23. The first-order valence-electron chi connectivity index (χ1n) is 7.14. The minimum absolute atomic E-state index is 0.0183. The SMILES string of the molecule is C[C@H](NC(=O)Cc1ccc(Br)cc1)c1cc2ccccc2o1. The number of carbonyl (C=O) groups is 1. The molecule has 1 N–H and O–H groups in total. The average molecular weight is 358 g/mol. The lowest BCUT2D eigenvalue weighted by molar-refractivity contribution is -0.121. The van der Waals surface area contributed by atoms with Gasteiger partial charge >= 0.3 is 0 Å². The summed E-state index contributed by atoms with van der Waals surface area (Å²) in [6, 6.07) is 17.4. The summed E-state index contributed by atoms with van der Waals surface area (Å²) in [6.07, 6.45) is 0.359. The van der Waals surface area contributed by atoms with Crippen LogP contribution >= 0.6 is 15.9 Å². The van der Waals surface area contributed by atoms with Gasteiger partial charge in [-0.15, -0.1) is 0 Å². The first-order chi connectivity index (χ1) is 10.6. The van der Waals surface area contributed by atoms with E-state index in [4.69, 9.17) is 4.42 Å². The normalized spacial score (nSPS) is 12.3. The topological polar surface area (TPSA) is 42.2 Å². The maximum absolute atomic E-state index is 12.1. The molecule has 0 aliphatic carbocycles. The summed E-state index contributed by atoms with van der Waals surface area (Å²) in [5, 5.41) is 4.02. The number of hydrogen-bond acceptors (Lipinski definition) is 2. The van der Waals surface area contributed by atoms with Gasteiger partial charge in [0, 0.05) is 9.86 Å². The van der Waals surface area contributed by atoms with Crippen molar-refractivity contribution >= 4 is 32.8 Å². The van der Waals surface area contributed by atoms with E-state index in [1.165, 1.54) is 0 Å². The third-order valence-electron chi connectivity index (χ3n) is 3.53. The number of benzene rings is 2. The summed E-state index contributed by atoms with van der Waals surface area (Å²) in [5.41, 5.74) is 1.82. The molecule has 112 valence electrons. The van der Waals surface area contributed by atoms with Crippen molar-refractivity contribution in [2.75, 3.05) is 0 Å². The van der Waals surface area contributed by atoms with E-state index in [-0.39, 0.29) is 11.9 Å². The van der Waals surface area contributed by atoms with Crippen molar-refractivity contribution in [3.8, 4) is 0 Å². The second kappa shape index (κ2) is 6.36. The summed E-state index contributed by atoms with van der Waals surface area (Å²) >= 11 is 3.39. The molecule has 3 nitrogen and oxygen atoms in total. The van der Waals surface area contributed by atoms with Crippen LogP contribution in [0.5, 0.6) is 0 Å². The van der Waals surface area contributed by atoms with Crippen molar-refractivity contribution in [1.29, 1.82) is 0 Å². The Morgan fingerprint density at radius 2 is 1.91 bits per heavy atom. The van der Waals surface area contributed by atoms with E-state index in [9.17, 15) is 4.79 Å². The fraction of sp³-hybridized carbons (Fsp3) is 0.167. The fourth-order valence-electron chi connectivity index (χ4n) is 2.37. The molecule has 0 spiro atoms. The Hall–Kier alpha value is -2.07. The molecule has 0 radical (unpaired) electrons. The number of carbonyl (C=O) groups excluding carboxylic acids is 1. The first kappa shape index (κ1) is 14.9. The van der Waals surface area contributed by atoms with Crippen LogP contribution in [0.2, 0.25) is 0 Å². The number of para-hydroxylation sites is 1. The van der Waals surface area contributed by atoms with Gasteiger partial charge < -0.3 is 9.73 Å². The Kier molecular flexibility index (Phi) is 4.29. The van der Waals surface area contributed by atoms with E-state index in [0.29, 0.717) is 6.42 Å². The van der Waals surface area contributed by atoms with Gasteiger partial charge in [0.15, 0.2) is 0 Å². The number of fused-ring (bicyclic) bond motifs is 1. The Morgan fingerprint density at radius 1 is 1.18 bits per heavy atom. The quantitative estimate of drug-likeness (QED) is 0.740. The minimum atomic E-state index is -0.157. The lowest BCUT2D eigenvalue weighted by Crippen LogP contribution is -2.27.